The monoisotopic (exact) mass is 315 g/mol. The summed E-state index contributed by atoms with van der Waals surface area (Å²) in [7, 11) is 0. The lowest BCUT2D eigenvalue weighted by atomic mass is 10.3. The van der Waals surface area contributed by atoms with Gasteiger partial charge in [0.1, 0.15) is 0 Å². The zero-order chi connectivity index (χ0) is 16.7. The van der Waals surface area contributed by atoms with E-state index in [0.717, 1.165) is 0 Å². The zero-order valence-electron chi connectivity index (χ0n) is 14.3. The van der Waals surface area contributed by atoms with E-state index in [1.165, 1.54) is 20.8 Å². The van der Waals surface area contributed by atoms with Gasteiger partial charge in [0.2, 0.25) is 6.54 Å². The largest absolute Gasteiger partial charge is 1.00 e. The van der Waals surface area contributed by atoms with E-state index in [9.17, 15) is 14.4 Å². The minimum atomic E-state index is -2.02. The molecule has 22 heavy (non-hydrogen) atoms. The van der Waals surface area contributed by atoms with Gasteiger partial charge in [0.05, 0.1) is 19.6 Å². The third-order valence-electron chi connectivity index (χ3n) is 3.44. The van der Waals surface area contributed by atoms with Crippen molar-refractivity contribution in [3.05, 3.63) is 0 Å². The van der Waals surface area contributed by atoms with Crippen LogP contribution in [-0.2, 0) is 28.6 Å². The molecule has 7 nitrogen and oxygen atoms in total. The van der Waals surface area contributed by atoms with Gasteiger partial charge in [-0.25, -0.2) is 0 Å². The van der Waals surface area contributed by atoms with Crippen LogP contribution in [0.5, 0.6) is 0 Å². The van der Waals surface area contributed by atoms with E-state index in [1.807, 2.05) is 20.8 Å². The van der Waals surface area contributed by atoms with Crippen LogP contribution in [0, 0.1) is 0 Å². The number of rotatable bonds is 8. The summed E-state index contributed by atoms with van der Waals surface area (Å²) in [6, 6.07) is 0. The highest BCUT2D eigenvalue weighted by atomic mass is 16.9. The van der Waals surface area contributed by atoms with Gasteiger partial charge in [-0.1, -0.05) is 0 Å². The van der Waals surface area contributed by atoms with Crippen LogP contribution in [-0.4, -0.2) is 63.0 Å². The smallest absolute Gasteiger partial charge is 0.476 e. The van der Waals surface area contributed by atoms with E-state index < -0.39 is 23.9 Å². The summed E-state index contributed by atoms with van der Waals surface area (Å²) in [6.45, 7) is 11.6. The Bertz CT molecular complexity index is 346. The maximum atomic E-state index is 11.4. The van der Waals surface area contributed by atoms with E-state index in [-0.39, 0.29) is 15.0 Å². The third kappa shape index (κ3) is 6.93. The third-order valence-corrected chi connectivity index (χ3v) is 3.44. The predicted octanol–water partition coefficient (Wildman–Crippen LogP) is 0.825. The van der Waals surface area contributed by atoms with E-state index >= 15 is 0 Å². The second kappa shape index (κ2) is 9.45. The lowest BCUT2D eigenvalue weighted by Crippen LogP contribution is -2.60. The van der Waals surface area contributed by atoms with Crippen LogP contribution in [0.25, 0.3) is 0 Å². The summed E-state index contributed by atoms with van der Waals surface area (Å²) in [5, 5.41) is 0. The number of nitrogens with zero attached hydrogens (tertiary/aromatic N) is 1. The lowest BCUT2D eigenvalue weighted by Gasteiger charge is -2.41. The van der Waals surface area contributed by atoms with Gasteiger partial charge in [0.15, 0.2) is 0 Å². The molecule has 0 saturated heterocycles. The second-order valence-electron chi connectivity index (χ2n) is 4.91. The summed E-state index contributed by atoms with van der Waals surface area (Å²) >= 11 is 0. The molecule has 0 aliphatic carbocycles. The van der Waals surface area contributed by atoms with Crippen LogP contribution in [0.3, 0.4) is 0 Å². The molecule has 0 aromatic carbocycles. The number of quaternary nitrogens is 1. The van der Waals surface area contributed by atoms with E-state index in [4.69, 9.17) is 14.2 Å². The molecule has 126 valence electrons. The Balaban J connectivity index is 0. The maximum Gasteiger partial charge on any atom is 0.476 e. The van der Waals surface area contributed by atoms with Gasteiger partial charge >= 0.3 is 23.9 Å². The summed E-state index contributed by atoms with van der Waals surface area (Å²) < 4.78 is 15.7. The molecule has 0 N–H and O–H groups in total. The van der Waals surface area contributed by atoms with Gasteiger partial charge < -0.3 is 27.1 Å². The summed E-state index contributed by atoms with van der Waals surface area (Å²) in [5.74, 6) is -4.11. The molecule has 0 heterocycles. The first-order valence-corrected chi connectivity index (χ1v) is 7.08. The Kier molecular flexibility index (Phi) is 9.76. The van der Waals surface area contributed by atoms with Crippen molar-refractivity contribution in [2.45, 2.75) is 47.5 Å². The van der Waals surface area contributed by atoms with Crippen LogP contribution in [0.1, 0.15) is 41.5 Å². The van der Waals surface area contributed by atoms with Crippen molar-refractivity contribution in [1.29, 1.82) is 0 Å². The number of esters is 3. The molecule has 0 atom stereocenters. The predicted molar refractivity (Wildman–Crippen MR) is 80.5 cm³/mol. The standard InChI is InChI=1S/C14H26NO6.B/c1-7-15(8-2,9-3)10-14(19-11(4)16,20-12(5)17)21-13(6)18;/h7-10H2,1-6H3;/q+1;-1. The van der Waals surface area contributed by atoms with Crippen LogP contribution in [0.2, 0.25) is 0 Å². The van der Waals surface area contributed by atoms with Crippen molar-refractivity contribution >= 4 is 26.3 Å². The van der Waals surface area contributed by atoms with Crippen molar-refractivity contribution in [3.63, 3.8) is 0 Å². The highest BCUT2D eigenvalue weighted by Gasteiger charge is 2.49. The fraction of sp³-hybridized carbons (Fsp3) is 0.786. The molecule has 0 aliphatic rings. The molecule has 0 unspecified atom stereocenters. The fourth-order valence-electron chi connectivity index (χ4n) is 2.23. The molecule has 4 radical (unpaired) electrons. The number of carbonyl (C=O) groups is 3. The highest BCUT2D eigenvalue weighted by molar-refractivity contribution is 5.75. The number of hydrogen-bond acceptors (Lipinski definition) is 6. The summed E-state index contributed by atoms with van der Waals surface area (Å²) in [4.78, 5) is 34.1. The summed E-state index contributed by atoms with van der Waals surface area (Å²) in [5.41, 5.74) is 0. The van der Waals surface area contributed by atoms with Gasteiger partial charge in [0.25, 0.3) is 0 Å². The molecule has 0 saturated carbocycles. The molecule has 0 aliphatic heterocycles. The molecular weight excluding hydrogens is 289 g/mol. The minimum Gasteiger partial charge on any atom is -1.00 e. The van der Waals surface area contributed by atoms with E-state index in [0.29, 0.717) is 24.1 Å². The maximum absolute atomic E-state index is 11.4. The van der Waals surface area contributed by atoms with E-state index in [1.54, 1.807) is 0 Å². The van der Waals surface area contributed by atoms with Crippen LogP contribution in [0.4, 0.5) is 0 Å². The topological polar surface area (TPSA) is 78.9 Å². The first-order chi connectivity index (χ1) is 9.64. The molecule has 8 heteroatoms. The number of hydrogen-bond donors (Lipinski definition) is 0. The first-order valence-electron chi connectivity index (χ1n) is 7.08. The van der Waals surface area contributed by atoms with Crippen molar-refractivity contribution in [2.24, 2.45) is 0 Å². The Morgan fingerprint density at radius 1 is 0.773 bits per heavy atom. The first kappa shape index (κ1) is 22.7. The average molecular weight is 315 g/mol. The zero-order valence-corrected chi connectivity index (χ0v) is 14.3. The molecule has 0 fully saturated rings. The molecule has 0 spiro atoms. The van der Waals surface area contributed by atoms with Crippen molar-refractivity contribution in [1.82, 2.24) is 0 Å². The van der Waals surface area contributed by atoms with Gasteiger partial charge in [-0.3, -0.25) is 14.4 Å². The van der Waals surface area contributed by atoms with Gasteiger partial charge in [-0.05, 0) is 20.8 Å². The molecule has 0 aromatic heterocycles. The Labute approximate surface area is 134 Å². The van der Waals surface area contributed by atoms with E-state index in [2.05, 4.69) is 0 Å². The van der Waals surface area contributed by atoms with Crippen molar-refractivity contribution in [3.8, 4) is 0 Å². The second-order valence-corrected chi connectivity index (χ2v) is 4.91. The summed E-state index contributed by atoms with van der Waals surface area (Å²) in [6.07, 6.45) is 0. The van der Waals surface area contributed by atoms with Crippen molar-refractivity contribution in [2.75, 3.05) is 26.2 Å². The Hall–Kier alpha value is -1.57. The van der Waals surface area contributed by atoms with Gasteiger partial charge in [-0.15, -0.1) is 0 Å². The SMILES string of the molecule is CC[N+](CC)(CC)CC(OC(C)=O)(OC(C)=O)OC(C)=O.[B-]. The molecule has 0 bridgehead atoms. The van der Waals surface area contributed by atoms with Gasteiger partial charge in [-0.2, -0.15) is 0 Å². The van der Waals surface area contributed by atoms with Gasteiger partial charge in [0, 0.05) is 20.8 Å². The van der Waals surface area contributed by atoms with Crippen LogP contribution < -0.4 is 0 Å². The Morgan fingerprint density at radius 2 is 1.05 bits per heavy atom. The quantitative estimate of drug-likeness (QED) is 0.286. The molecule has 0 amide bonds. The highest BCUT2D eigenvalue weighted by Crippen LogP contribution is 2.23. The van der Waals surface area contributed by atoms with Crippen LogP contribution >= 0.6 is 0 Å². The average Bonchev–Trinajstić information content (AvgIpc) is 2.33. The van der Waals surface area contributed by atoms with Crippen LogP contribution in [0.15, 0.2) is 0 Å². The lowest BCUT2D eigenvalue weighted by molar-refractivity contribution is -0.935. The fourth-order valence-corrected chi connectivity index (χ4v) is 2.23. The molecular formula is C14H26BNO6. The number of ether oxygens (including phenoxy) is 3. The normalized spacial score (nSPS) is 11.2. The molecule has 0 aromatic rings. The number of carbonyl (C=O) groups excluding carboxylic acids is 3. The van der Waals surface area contributed by atoms with Crippen molar-refractivity contribution < 1.29 is 33.1 Å². The number of likely N-dealkylation sites (N-methyl/N-ethyl adjacent to an activating group) is 1. The Morgan fingerprint density at radius 3 is 1.23 bits per heavy atom. The minimum absolute atomic E-state index is 0. The molecule has 0 rings (SSSR count).